The number of carbonyl (C=O) groups excluding carboxylic acids is 1. The van der Waals surface area contributed by atoms with Gasteiger partial charge in [0, 0.05) is 0 Å². The van der Waals surface area contributed by atoms with Gasteiger partial charge in [-0.15, -0.1) is 0 Å². The molecular formula is C8H13BrN4O. The molecule has 78 valence electrons. The molecule has 0 saturated heterocycles. The molecule has 1 aromatic heterocycles. The van der Waals surface area contributed by atoms with Gasteiger partial charge in [0.25, 0.3) is 0 Å². The third kappa shape index (κ3) is 2.80. The molecular weight excluding hydrogens is 248 g/mol. The maximum absolute atomic E-state index is 11.6. The Morgan fingerprint density at radius 2 is 2.36 bits per heavy atom. The van der Waals surface area contributed by atoms with Gasteiger partial charge in [-0.3, -0.25) is 9.89 Å². The molecule has 0 fully saturated rings. The first-order valence-electron chi connectivity index (χ1n) is 4.26. The van der Waals surface area contributed by atoms with E-state index in [4.69, 9.17) is 0 Å². The van der Waals surface area contributed by atoms with Gasteiger partial charge in [0.15, 0.2) is 0 Å². The molecule has 0 aliphatic carbocycles. The van der Waals surface area contributed by atoms with E-state index in [9.17, 15) is 4.79 Å². The molecule has 0 radical (unpaired) electrons. The Morgan fingerprint density at radius 1 is 1.71 bits per heavy atom. The number of amides is 1. The van der Waals surface area contributed by atoms with Crippen molar-refractivity contribution in [3.05, 3.63) is 12.2 Å². The molecule has 0 aliphatic rings. The summed E-state index contributed by atoms with van der Waals surface area (Å²) >= 11 is 3.28. The van der Waals surface area contributed by atoms with E-state index in [1.165, 1.54) is 6.33 Å². The van der Waals surface area contributed by atoms with E-state index < -0.39 is 4.32 Å². The van der Waals surface area contributed by atoms with Crippen molar-refractivity contribution in [3.8, 4) is 0 Å². The van der Waals surface area contributed by atoms with Crippen molar-refractivity contribution in [2.75, 3.05) is 0 Å². The van der Waals surface area contributed by atoms with Crippen molar-refractivity contribution in [2.45, 2.75) is 31.1 Å². The smallest absolute Gasteiger partial charge is 0.236 e. The molecule has 1 heterocycles. The Bertz CT molecular complexity index is 304. The van der Waals surface area contributed by atoms with Crippen LogP contribution in [0.4, 0.5) is 0 Å². The number of nitrogens with zero attached hydrogens (tertiary/aromatic N) is 2. The average Bonchev–Trinajstić information content (AvgIpc) is 2.53. The number of H-pyrrole nitrogens is 1. The number of hydrogen-bond acceptors (Lipinski definition) is 3. The zero-order valence-corrected chi connectivity index (χ0v) is 9.92. The minimum atomic E-state index is -0.568. The number of hydrogen-bond donors (Lipinski definition) is 2. The number of carbonyl (C=O) groups is 1. The largest absolute Gasteiger partial charge is 0.345 e. The fraction of sp³-hybridized carbons (Fsp3) is 0.625. The predicted molar refractivity (Wildman–Crippen MR) is 55.9 cm³/mol. The quantitative estimate of drug-likeness (QED) is 0.802. The fourth-order valence-electron chi connectivity index (χ4n) is 0.860. The molecule has 1 aromatic rings. The third-order valence-electron chi connectivity index (χ3n) is 1.73. The van der Waals surface area contributed by atoms with Crippen molar-refractivity contribution in [1.29, 1.82) is 0 Å². The van der Waals surface area contributed by atoms with Crippen LogP contribution >= 0.6 is 15.9 Å². The van der Waals surface area contributed by atoms with Crippen molar-refractivity contribution < 1.29 is 4.79 Å². The highest BCUT2D eigenvalue weighted by Gasteiger charge is 2.25. The van der Waals surface area contributed by atoms with E-state index in [2.05, 4.69) is 36.4 Å². The van der Waals surface area contributed by atoms with Crippen LogP contribution in [-0.4, -0.2) is 25.4 Å². The topological polar surface area (TPSA) is 70.7 Å². The summed E-state index contributed by atoms with van der Waals surface area (Å²) in [7, 11) is 0. The second-order valence-electron chi connectivity index (χ2n) is 3.54. The molecule has 1 rings (SSSR count). The molecule has 0 spiro atoms. The van der Waals surface area contributed by atoms with Crippen LogP contribution in [0.3, 0.4) is 0 Å². The number of nitrogens with one attached hydrogen (secondary N) is 2. The molecule has 0 bridgehead atoms. The minimum Gasteiger partial charge on any atom is -0.345 e. The zero-order valence-electron chi connectivity index (χ0n) is 8.34. The highest BCUT2D eigenvalue weighted by Crippen LogP contribution is 2.17. The van der Waals surface area contributed by atoms with Crippen molar-refractivity contribution in [1.82, 2.24) is 20.5 Å². The van der Waals surface area contributed by atoms with E-state index in [0.717, 1.165) is 0 Å². The van der Waals surface area contributed by atoms with Gasteiger partial charge in [0.1, 0.15) is 12.2 Å². The molecule has 1 unspecified atom stereocenters. The van der Waals surface area contributed by atoms with Crippen molar-refractivity contribution >= 4 is 21.8 Å². The summed E-state index contributed by atoms with van der Waals surface area (Å²) in [6, 6.07) is -0.165. The first-order valence-corrected chi connectivity index (χ1v) is 5.05. The molecule has 0 aromatic carbocycles. The van der Waals surface area contributed by atoms with E-state index in [-0.39, 0.29) is 11.9 Å². The molecule has 0 aliphatic heterocycles. The van der Waals surface area contributed by atoms with Gasteiger partial charge < -0.3 is 5.32 Å². The van der Waals surface area contributed by atoms with E-state index in [0.29, 0.717) is 5.82 Å². The van der Waals surface area contributed by atoms with Crippen LogP contribution in [0.25, 0.3) is 0 Å². The highest BCUT2D eigenvalue weighted by atomic mass is 79.9. The second-order valence-corrected chi connectivity index (χ2v) is 5.52. The van der Waals surface area contributed by atoms with Gasteiger partial charge in [-0.1, -0.05) is 15.9 Å². The van der Waals surface area contributed by atoms with Gasteiger partial charge in [0.05, 0.1) is 10.4 Å². The first kappa shape index (κ1) is 11.2. The van der Waals surface area contributed by atoms with Gasteiger partial charge >= 0.3 is 0 Å². The molecule has 1 atom stereocenters. The summed E-state index contributed by atoms with van der Waals surface area (Å²) in [6.45, 7) is 5.42. The lowest BCUT2D eigenvalue weighted by Gasteiger charge is -2.18. The summed E-state index contributed by atoms with van der Waals surface area (Å²) in [5, 5.41) is 9.22. The number of aromatic amines is 1. The van der Waals surface area contributed by atoms with E-state index in [1.54, 1.807) is 13.8 Å². The molecule has 14 heavy (non-hydrogen) atoms. The zero-order chi connectivity index (χ0) is 10.8. The average molecular weight is 261 g/mol. The molecule has 0 saturated carbocycles. The molecule has 1 amide bonds. The molecule has 6 heteroatoms. The monoisotopic (exact) mass is 260 g/mol. The van der Waals surface area contributed by atoms with Crippen LogP contribution in [-0.2, 0) is 4.79 Å². The van der Waals surface area contributed by atoms with Gasteiger partial charge in [0.2, 0.25) is 5.91 Å². The van der Waals surface area contributed by atoms with Gasteiger partial charge in [-0.2, -0.15) is 5.10 Å². The highest BCUT2D eigenvalue weighted by molar-refractivity contribution is 9.10. The molecule has 2 N–H and O–H groups in total. The van der Waals surface area contributed by atoms with Crippen LogP contribution in [0.1, 0.15) is 32.6 Å². The normalized spacial score (nSPS) is 13.7. The number of halogens is 1. The van der Waals surface area contributed by atoms with Gasteiger partial charge in [-0.05, 0) is 20.8 Å². The summed E-state index contributed by atoms with van der Waals surface area (Å²) in [4.78, 5) is 15.5. The summed E-state index contributed by atoms with van der Waals surface area (Å²) in [6.07, 6.45) is 1.41. The van der Waals surface area contributed by atoms with Crippen molar-refractivity contribution in [2.24, 2.45) is 0 Å². The lowest BCUT2D eigenvalue weighted by atomic mass is 10.2. The second kappa shape index (κ2) is 4.08. The summed E-state index contributed by atoms with van der Waals surface area (Å²) in [5.41, 5.74) is 0. The number of aromatic nitrogens is 3. The van der Waals surface area contributed by atoms with Crippen LogP contribution in [0.5, 0.6) is 0 Å². The van der Waals surface area contributed by atoms with Crippen LogP contribution < -0.4 is 5.32 Å². The summed E-state index contributed by atoms with van der Waals surface area (Å²) in [5.74, 6) is 0.566. The summed E-state index contributed by atoms with van der Waals surface area (Å²) < 4.78 is -0.568. The van der Waals surface area contributed by atoms with Crippen LogP contribution in [0, 0.1) is 0 Å². The maximum Gasteiger partial charge on any atom is 0.236 e. The molecule has 5 nitrogen and oxygen atoms in total. The first-order chi connectivity index (χ1) is 6.41. The lowest BCUT2D eigenvalue weighted by Crippen LogP contribution is -2.39. The fourth-order valence-corrected chi connectivity index (χ4v) is 0.975. The van der Waals surface area contributed by atoms with Crippen LogP contribution in [0.15, 0.2) is 6.33 Å². The third-order valence-corrected chi connectivity index (χ3v) is 2.09. The maximum atomic E-state index is 11.6. The van der Waals surface area contributed by atoms with E-state index >= 15 is 0 Å². The van der Waals surface area contributed by atoms with Crippen molar-refractivity contribution in [3.63, 3.8) is 0 Å². The number of rotatable bonds is 3. The number of alkyl halides is 1. The Labute approximate surface area is 90.8 Å². The Balaban J connectivity index is 2.58. The van der Waals surface area contributed by atoms with Gasteiger partial charge in [-0.25, -0.2) is 4.98 Å². The van der Waals surface area contributed by atoms with Crippen LogP contribution in [0.2, 0.25) is 0 Å². The van der Waals surface area contributed by atoms with E-state index in [1.807, 2.05) is 6.92 Å². The lowest BCUT2D eigenvalue weighted by molar-refractivity contribution is -0.123. The SMILES string of the molecule is CC(NC(=O)C(C)(C)Br)c1ncn[nH]1. The Kier molecular flexibility index (Phi) is 3.25. The Hall–Kier alpha value is -0.910. The Morgan fingerprint density at radius 3 is 2.79 bits per heavy atom. The predicted octanol–water partition coefficient (Wildman–Crippen LogP) is 1.16. The minimum absolute atomic E-state index is 0.0820. The standard InChI is InChI=1S/C8H13BrN4O/c1-5(6-10-4-11-13-6)12-7(14)8(2,3)9/h4-5H,1-3H3,(H,12,14)(H,10,11,13).